The van der Waals surface area contributed by atoms with Crippen LogP contribution in [0.4, 0.5) is 0 Å². The highest BCUT2D eigenvalue weighted by Gasteiger charge is 2.19. The van der Waals surface area contributed by atoms with Gasteiger partial charge >= 0.3 is 0 Å². The van der Waals surface area contributed by atoms with Crippen molar-refractivity contribution in [1.29, 1.82) is 0 Å². The van der Waals surface area contributed by atoms with Crippen LogP contribution in [0.5, 0.6) is 0 Å². The maximum atomic E-state index is 10.1. The molecule has 0 amide bonds. The Balaban J connectivity index is 2.34. The summed E-state index contributed by atoms with van der Waals surface area (Å²) in [7, 11) is 1.65. The van der Waals surface area contributed by atoms with Crippen LogP contribution >= 0.6 is 0 Å². The number of methoxy groups -OCH3 is 1. The summed E-state index contributed by atoms with van der Waals surface area (Å²) in [6.07, 6.45) is 3.88. The van der Waals surface area contributed by atoms with Crippen molar-refractivity contribution in [3.8, 4) is 0 Å². The normalized spacial score (nSPS) is 14.7. The van der Waals surface area contributed by atoms with Crippen molar-refractivity contribution >= 4 is 0 Å². The van der Waals surface area contributed by atoms with Crippen LogP contribution in [0.25, 0.3) is 0 Å². The zero-order valence-electron chi connectivity index (χ0n) is 11.8. The Morgan fingerprint density at radius 1 is 1.50 bits per heavy atom. The fourth-order valence-electron chi connectivity index (χ4n) is 1.94. The molecular formula is C14H26N2O2. The molecule has 0 saturated heterocycles. The molecule has 0 spiro atoms. The summed E-state index contributed by atoms with van der Waals surface area (Å²) >= 11 is 0. The molecule has 1 rings (SSSR count). The average Bonchev–Trinajstić information content (AvgIpc) is 2.75. The largest absolute Gasteiger partial charge is 0.389 e. The summed E-state index contributed by atoms with van der Waals surface area (Å²) in [5, 5.41) is 13.4. The highest BCUT2D eigenvalue weighted by Crippen LogP contribution is 2.09. The fourth-order valence-corrected chi connectivity index (χ4v) is 1.94. The summed E-state index contributed by atoms with van der Waals surface area (Å²) in [6, 6.07) is 4.18. The fraction of sp³-hybridized carbons (Fsp3) is 0.714. The van der Waals surface area contributed by atoms with E-state index in [0.29, 0.717) is 19.6 Å². The van der Waals surface area contributed by atoms with E-state index in [-0.39, 0.29) is 0 Å². The van der Waals surface area contributed by atoms with Crippen LogP contribution in [-0.2, 0) is 17.8 Å². The Morgan fingerprint density at radius 2 is 2.28 bits per heavy atom. The summed E-state index contributed by atoms with van der Waals surface area (Å²) in [6.45, 7) is 7.01. The van der Waals surface area contributed by atoms with Gasteiger partial charge < -0.3 is 19.7 Å². The maximum absolute atomic E-state index is 10.1. The number of aliphatic hydroxyl groups is 1. The third-order valence-corrected chi connectivity index (χ3v) is 3.04. The third-order valence-electron chi connectivity index (χ3n) is 3.04. The van der Waals surface area contributed by atoms with E-state index in [0.717, 1.165) is 19.5 Å². The quantitative estimate of drug-likeness (QED) is 0.706. The number of rotatable bonds is 9. The van der Waals surface area contributed by atoms with Crippen molar-refractivity contribution in [2.24, 2.45) is 0 Å². The molecule has 0 aliphatic carbocycles. The highest BCUT2D eigenvalue weighted by molar-refractivity contribution is 5.06. The Kier molecular flexibility index (Phi) is 6.39. The molecule has 1 aromatic rings. The standard InChI is InChI=1S/C14H26N2O2/c1-4-8-16-9-5-6-13(16)11-15-12-14(2,17)7-10-18-3/h5-6,9,15,17H,4,7-8,10-12H2,1-3H3. The van der Waals surface area contributed by atoms with Gasteiger partial charge in [0.2, 0.25) is 0 Å². The average molecular weight is 254 g/mol. The zero-order valence-corrected chi connectivity index (χ0v) is 11.8. The Labute approximate surface area is 110 Å². The van der Waals surface area contributed by atoms with Crippen molar-refractivity contribution in [1.82, 2.24) is 9.88 Å². The van der Waals surface area contributed by atoms with Crippen LogP contribution in [0.2, 0.25) is 0 Å². The molecule has 18 heavy (non-hydrogen) atoms. The molecule has 0 aliphatic rings. The lowest BCUT2D eigenvalue weighted by molar-refractivity contribution is 0.0246. The van der Waals surface area contributed by atoms with E-state index in [9.17, 15) is 5.11 Å². The molecule has 1 atom stereocenters. The molecule has 4 nitrogen and oxygen atoms in total. The van der Waals surface area contributed by atoms with Crippen molar-refractivity contribution < 1.29 is 9.84 Å². The van der Waals surface area contributed by atoms with Crippen molar-refractivity contribution in [2.45, 2.75) is 45.4 Å². The SMILES string of the molecule is CCCn1cccc1CNCC(C)(O)CCOC. The van der Waals surface area contributed by atoms with Gasteiger partial charge in [0.1, 0.15) is 0 Å². The minimum atomic E-state index is -0.710. The first kappa shape index (κ1) is 15.2. The minimum Gasteiger partial charge on any atom is -0.389 e. The molecule has 0 saturated carbocycles. The number of nitrogens with zero attached hydrogens (tertiary/aromatic N) is 1. The number of nitrogens with one attached hydrogen (secondary N) is 1. The first-order chi connectivity index (χ1) is 8.59. The smallest absolute Gasteiger partial charge is 0.0765 e. The van der Waals surface area contributed by atoms with Gasteiger partial charge in [0, 0.05) is 51.7 Å². The first-order valence-electron chi connectivity index (χ1n) is 6.65. The first-order valence-corrected chi connectivity index (χ1v) is 6.65. The Bertz CT molecular complexity index is 334. The maximum Gasteiger partial charge on any atom is 0.0765 e. The van der Waals surface area contributed by atoms with Gasteiger partial charge in [-0.2, -0.15) is 0 Å². The van der Waals surface area contributed by atoms with Crippen LogP contribution in [0.3, 0.4) is 0 Å². The van der Waals surface area contributed by atoms with E-state index in [1.807, 2.05) is 6.92 Å². The summed E-state index contributed by atoms with van der Waals surface area (Å²) in [4.78, 5) is 0. The molecule has 0 aromatic carbocycles. The van der Waals surface area contributed by atoms with E-state index >= 15 is 0 Å². The zero-order chi connectivity index (χ0) is 13.4. The van der Waals surface area contributed by atoms with Crippen LogP contribution < -0.4 is 5.32 Å². The summed E-state index contributed by atoms with van der Waals surface area (Å²) < 4.78 is 7.24. The number of ether oxygens (including phenoxy) is 1. The highest BCUT2D eigenvalue weighted by atomic mass is 16.5. The van der Waals surface area contributed by atoms with E-state index < -0.39 is 5.60 Å². The third kappa shape index (κ3) is 5.21. The van der Waals surface area contributed by atoms with Crippen molar-refractivity contribution in [3.63, 3.8) is 0 Å². The number of hydrogen-bond acceptors (Lipinski definition) is 3. The van der Waals surface area contributed by atoms with Gasteiger partial charge in [-0.15, -0.1) is 0 Å². The minimum absolute atomic E-state index is 0.577. The molecule has 0 bridgehead atoms. The predicted molar refractivity (Wildman–Crippen MR) is 73.5 cm³/mol. The van der Waals surface area contributed by atoms with Crippen molar-refractivity contribution in [3.05, 3.63) is 24.0 Å². The van der Waals surface area contributed by atoms with Crippen molar-refractivity contribution in [2.75, 3.05) is 20.3 Å². The van der Waals surface area contributed by atoms with E-state index in [2.05, 4.69) is 35.1 Å². The van der Waals surface area contributed by atoms with Crippen LogP contribution in [0.15, 0.2) is 18.3 Å². The topological polar surface area (TPSA) is 46.4 Å². The van der Waals surface area contributed by atoms with E-state index in [1.54, 1.807) is 7.11 Å². The van der Waals surface area contributed by atoms with Gasteiger partial charge in [-0.3, -0.25) is 0 Å². The Morgan fingerprint density at radius 3 is 2.94 bits per heavy atom. The molecule has 1 heterocycles. The van der Waals surface area contributed by atoms with Gasteiger partial charge in [0.15, 0.2) is 0 Å². The van der Waals surface area contributed by atoms with Crippen LogP contribution in [0, 0.1) is 0 Å². The second kappa shape index (κ2) is 7.56. The van der Waals surface area contributed by atoms with Gasteiger partial charge in [0.25, 0.3) is 0 Å². The predicted octanol–water partition coefficient (Wildman–Crippen LogP) is 1.78. The lowest BCUT2D eigenvalue weighted by Crippen LogP contribution is -2.38. The molecule has 2 N–H and O–H groups in total. The molecular weight excluding hydrogens is 228 g/mol. The summed E-state index contributed by atoms with van der Waals surface area (Å²) in [5.41, 5.74) is 0.553. The summed E-state index contributed by atoms with van der Waals surface area (Å²) in [5.74, 6) is 0. The van der Waals surface area contributed by atoms with Gasteiger partial charge in [-0.05, 0) is 25.5 Å². The molecule has 1 aromatic heterocycles. The van der Waals surface area contributed by atoms with Gasteiger partial charge in [0.05, 0.1) is 5.60 Å². The number of aryl methyl sites for hydroxylation is 1. The second-order valence-corrected chi connectivity index (χ2v) is 5.04. The Hall–Kier alpha value is -0.840. The molecule has 104 valence electrons. The van der Waals surface area contributed by atoms with Gasteiger partial charge in [-0.1, -0.05) is 6.92 Å². The molecule has 0 fully saturated rings. The lowest BCUT2D eigenvalue weighted by atomic mass is 10.0. The van der Waals surface area contributed by atoms with Crippen LogP contribution in [-0.4, -0.2) is 35.5 Å². The molecule has 0 radical (unpaired) electrons. The number of aromatic nitrogens is 1. The van der Waals surface area contributed by atoms with Gasteiger partial charge in [-0.25, -0.2) is 0 Å². The molecule has 4 heteroatoms. The van der Waals surface area contributed by atoms with E-state index in [1.165, 1.54) is 5.69 Å². The second-order valence-electron chi connectivity index (χ2n) is 5.04. The van der Waals surface area contributed by atoms with Crippen LogP contribution in [0.1, 0.15) is 32.4 Å². The molecule has 0 aliphatic heterocycles. The lowest BCUT2D eigenvalue weighted by Gasteiger charge is -2.23. The monoisotopic (exact) mass is 254 g/mol. The molecule has 1 unspecified atom stereocenters. The van der Waals surface area contributed by atoms with E-state index in [4.69, 9.17) is 4.74 Å². The number of hydrogen-bond donors (Lipinski definition) is 2.